The fourth-order valence-corrected chi connectivity index (χ4v) is 2.01. The van der Waals surface area contributed by atoms with E-state index in [2.05, 4.69) is 15.9 Å². The van der Waals surface area contributed by atoms with E-state index in [1.807, 2.05) is 48.5 Å². The molecule has 2 aromatic rings. The van der Waals surface area contributed by atoms with Crippen molar-refractivity contribution in [3.8, 4) is 11.5 Å². The van der Waals surface area contributed by atoms with Crippen molar-refractivity contribution < 1.29 is 14.3 Å². The van der Waals surface area contributed by atoms with Crippen LogP contribution in [0.3, 0.4) is 0 Å². The van der Waals surface area contributed by atoms with Crippen molar-refractivity contribution in [2.24, 2.45) is 0 Å². The Labute approximate surface area is 126 Å². The number of rotatable bonds is 5. The summed E-state index contributed by atoms with van der Waals surface area (Å²) in [6.45, 7) is 2.18. The first-order valence-electron chi connectivity index (χ1n) is 6.36. The second-order valence-electron chi connectivity index (χ2n) is 4.15. The molecule has 0 aliphatic carbocycles. The second-order valence-corrected chi connectivity index (χ2v) is 5.06. The predicted molar refractivity (Wildman–Crippen MR) is 81.0 cm³/mol. The highest BCUT2D eigenvalue weighted by molar-refractivity contribution is 9.10. The van der Waals surface area contributed by atoms with E-state index < -0.39 is 0 Å². The number of ether oxygens (including phenoxy) is 2. The van der Waals surface area contributed by atoms with Gasteiger partial charge in [-0.3, -0.25) is 4.79 Å². The molecule has 0 aliphatic rings. The van der Waals surface area contributed by atoms with Gasteiger partial charge in [0.1, 0.15) is 11.5 Å². The number of benzene rings is 2. The molecule has 0 aromatic heterocycles. The number of carbonyl (C=O) groups is 1. The normalized spacial score (nSPS) is 10.1. The standard InChI is InChI=1S/C16H15BrO3/c1-2-19-16(18)11-12-5-3-4-6-15(12)20-14-9-7-13(17)8-10-14/h3-10H,2,11H2,1H3. The van der Waals surface area contributed by atoms with Crippen molar-refractivity contribution in [1.82, 2.24) is 0 Å². The minimum Gasteiger partial charge on any atom is -0.466 e. The van der Waals surface area contributed by atoms with Crippen LogP contribution in [0.2, 0.25) is 0 Å². The molecule has 0 saturated heterocycles. The quantitative estimate of drug-likeness (QED) is 0.762. The van der Waals surface area contributed by atoms with E-state index in [-0.39, 0.29) is 12.4 Å². The van der Waals surface area contributed by atoms with Gasteiger partial charge in [0.15, 0.2) is 0 Å². The molecule has 0 heterocycles. The summed E-state index contributed by atoms with van der Waals surface area (Å²) in [5.74, 6) is 1.15. The molecule has 0 bridgehead atoms. The zero-order valence-electron chi connectivity index (χ0n) is 11.1. The van der Waals surface area contributed by atoms with Crippen LogP contribution in [0.25, 0.3) is 0 Å². The van der Waals surface area contributed by atoms with Gasteiger partial charge in [0.25, 0.3) is 0 Å². The van der Waals surface area contributed by atoms with Crippen molar-refractivity contribution >= 4 is 21.9 Å². The molecule has 0 amide bonds. The first-order chi connectivity index (χ1) is 9.69. The van der Waals surface area contributed by atoms with E-state index in [0.29, 0.717) is 12.4 Å². The highest BCUT2D eigenvalue weighted by Crippen LogP contribution is 2.26. The van der Waals surface area contributed by atoms with Crippen molar-refractivity contribution in [3.63, 3.8) is 0 Å². The molecule has 3 nitrogen and oxygen atoms in total. The minimum absolute atomic E-state index is 0.209. The highest BCUT2D eigenvalue weighted by atomic mass is 79.9. The average molecular weight is 335 g/mol. The van der Waals surface area contributed by atoms with Gasteiger partial charge in [-0.05, 0) is 37.3 Å². The molecule has 2 rings (SSSR count). The molecule has 0 radical (unpaired) electrons. The molecule has 104 valence electrons. The Balaban J connectivity index is 2.15. The third-order valence-corrected chi connectivity index (χ3v) is 3.18. The molecule has 0 atom stereocenters. The molecule has 20 heavy (non-hydrogen) atoms. The van der Waals surface area contributed by atoms with Crippen molar-refractivity contribution in [3.05, 3.63) is 58.6 Å². The predicted octanol–water partition coefficient (Wildman–Crippen LogP) is 4.35. The topological polar surface area (TPSA) is 35.5 Å². The maximum absolute atomic E-state index is 11.6. The van der Waals surface area contributed by atoms with Crippen LogP contribution in [0, 0.1) is 0 Å². The van der Waals surface area contributed by atoms with Crippen LogP contribution in [0.5, 0.6) is 11.5 Å². The lowest BCUT2D eigenvalue weighted by molar-refractivity contribution is -0.142. The summed E-state index contributed by atoms with van der Waals surface area (Å²) in [6, 6.07) is 15.0. The largest absolute Gasteiger partial charge is 0.466 e. The first kappa shape index (κ1) is 14.6. The lowest BCUT2D eigenvalue weighted by Gasteiger charge is -2.10. The van der Waals surface area contributed by atoms with Crippen molar-refractivity contribution in [2.45, 2.75) is 13.3 Å². The lowest BCUT2D eigenvalue weighted by Crippen LogP contribution is -2.08. The highest BCUT2D eigenvalue weighted by Gasteiger charge is 2.10. The summed E-state index contributed by atoms with van der Waals surface area (Å²) in [5, 5.41) is 0. The minimum atomic E-state index is -0.251. The summed E-state index contributed by atoms with van der Waals surface area (Å²) in [5.41, 5.74) is 0.814. The van der Waals surface area contributed by atoms with Crippen LogP contribution in [0.4, 0.5) is 0 Å². The molecule has 0 aliphatic heterocycles. The molecule has 0 saturated carbocycles. The van der Waals surface area contributed by atoms with Gasteiger partial charge < -0.3 is 9.47 Å². The summed E-state index contributed by atoms with van der Waals surface area (Å²) < 4.78 is 11.8. The summed E-state index contributed by atoms with van der Waals surface area (Å²) in [7, 11) is 0. The van der Waals surface area contributed by atoms with Crippen LogP contribution in [0.15, 0.2) is 53.0 Å². The Morgan fingerprint density at radius 3 is 2.50 bits per heavy atom. The van der Waals surface area contributed by atoms with Crippen LogP contribution < -0.4 is 4.74 Å². The maximum atomic E-state index is 11.6. The Kier molecular flexibility index (Phi) is 5.18. The van der Waals surface area contributed by atoms with E-state index >= 15 is 0 Å². The maximum Gasteiger partial charge on any atom is 0.310 e. The van der Waals surface area contributed by atoms with Crippen LogP contribution in [-0.4, -0.2) is 12.6 Å². The molecule has 0 spiro atoms. The zero-order chi connectivity index (χ0) is 14.4. The molecule has 0 unspecified atom stereocenters. The van der Waals surface area contributed by atoms with E-state index in [1.54, 1.807) is 6.92 Å². The summed E-state index contributed by atoms with van der Waals surface area (Å²) in [6.07, 6.45) is 0.209. The van der Waals surface area contributed by atoms with Crippen LogP contribution in [-0.2, 0) is 16.0 Å². The Morgan fingerprint density at radius 1 is 1.10 bits per heavy atom. The van der Waals surface area contributed by atoms with Gasteiger partial charge in [0.2, 0.25) is 0 Å². The summed E-state index contributed by atoms with van der Waals surface area (Å²) in [4.78, 5) is 11.6. The number of esters is 1. The first-order valence-corrected chi connectivity index (χ1v) is 7.15. The van der Waals surface area contributed by atoms with Crippen molar-refractivity contribution in [1.29, 1.82) is 0 Å². The summed E-state index contributed by atoms with van der Waals surface area (Å²) >= 11 is 3.38. The number of carbonyl (C=O) groups excluding carboxylic acids is 1. The molecule has 0 fully saturated rings. The zero-order valence-corrected chi connectivity index (χ0v) is 12.7. The fourth-order valence-electron chi connectivity index (χ4n) is 1.75. The van der Waals surface area contributed by atoms with Gasteiger partial charge >= 0.3 is 5.97 Å². The lowest BCUT2D eigenvalue weighted by atomic mass is 10.1. The third-order valence-electron chi connectivity index (χ3n) is 2.65. The number of halogens is 1. The van der Waals surface area contributed by atoms with Gasteiger partial charge in [-0.1, -0.05) is 34.1 Å². The Hall–Kier alpha value is -1.81. The molecule has 2 aromatic carbocycles. The third kappa shape index (κ3) is 4.10. The Morgan fingerprint density at radius 2 is 1.80 bits per heavy atom. The SMILES string of the molecule is CCOC(=O)Cc1ccccc1Oc1ccc(Br)cc1. The van der Waals surface area contributed by atoms with Gasteiger partial charge in [0, 0.05) is 10.0 Å². The van der Waals surface area contributed by atoms with Gasteiger partial charge in [0.05, 0.1) is 13.0 Å². The van der Waals surface area contributed by atoms with Gasteiger partial charge in [-0.2, -0.15) is 0 Å². The molecular weight excluding hydrogens is 320 g/mol. The van der Waals surface area contributed by atoms with Crippen molar-refractivity contribution in [2.75, 3.05) is 6.61 Å². The Bertz CT molecular complexity index is 579. The van der Waals surface area contributed by atoms with Crippen LogP contribution in [0.1, 0.15) is 12.5 Å². The fraction of sp³-hybridized carbons (Fsp3) is 0.188. The van der Waals surface area contributed by atoms with Crippen LogP contribution >= 0.6 is 15.9 Å². The number of hydrogen-bond acceptors (Lipinski definition) is 3. The van der Waals surface area contributed by atoms with E-state index in [0.717, 1.165) is 15.8 Å². The van der Waals surface area contributed by atoms with E-state index in [4.69, 9.17) is 9.47 Å². The van der Waals surface area contributed by atoms with E-state index in [9.17, 15) is 4.79 Å². The molecule has 0 N–H and O–H groups in total. The monoisotopic (exact) mass is 334 g/mol. The second kappa shape index (κ2) is 7.10. The molecular formula is C16H15BrO3. The smallest absolute Gasteiger partial charge is 0.310 e. The molecule has 4 heteroatoms. The average Bonchev–Trinajstić information content (AvgIpc) is 2.44. The number of para-hydroxylation sites is 1. The number of hydrogen-bond donors (Lipinski definition) is 0. The van der Waals surface area contributed by atoms with Gasteiger partial charge in [-0.25, -0.2) is 0 Å². The van der Waals surface area contributed by atoms with E-state index in [1.165, 1.54) is 0 Å². The van der Waals surface area contributed by atoms with Gasteiger partial charge in [-0.15, -0.1) is 0 Å².